The molecule has 1 saturated heterocycles. The summed E-state index contributed by atoms with van der Waals surface area (Å²) < 4.78 is 5.62. The van der Waals surface area contributed by atoms with Crippen molar-refractivity contribution >= 4 is 34.4 Å². The molecule has 2 N–H and O–H groups in total. The van der Waals surface area contributed by atoms with Gasteiger partial charge in [0.2, 0.25) is 5.91 Å². The minimum atomic E-state index is -0.399. The van der Waals surface area contributed by atoms with E-state index in [4.69, 9.17) is 16.0 Å². The van der Waals surface area contributed by atoms with Gasteiger partial charge in [-0.15, -0.1) is 0 Å². The van der Waals surface area contributed by atoms with Crippen molar-refractivity contribution in [1.29, 1.82) is 0 Å². The van der Waals surface area contributed by atoms with Crippen LogP contribution in [-0.4, -0.2) is 48.9 Å². The molecule has 0 spiro atoms. The largest absolute Gasteiger partial charge is 0.451 e. The van der Waals surface area contributed by atoms with Crippen molar-refractivity contribution in [1.82, 2.24) is 15.5 Å². The molecule has 1 aromatic carbocycles. The Morgan fingerprint density at radius 2 is 1.86 bits per heavy atom. The topological polar surface area (TPSA) is 91.7 Å². The second kappa shape index (κ2) is 11.8. The average molecular weight is 516 g/mol. The van der Waals surface area contributed by atoms with Crippen LogP contribution in [0.5, 0.6) is 0 Å². The van der Waals surface area contributed by atoms with Gasteiger partial charge in [0.15, 0.2) is 11.2 Å². The number of likely N-dealkylation sites (tertiary alicyclic amines) is 1. The maximum absolute atomic E-state index is 13.3. The Kier molecular flexibility index (Phi) is 8.73. The number of benzene rings is 1. The molecule has 2 fully saturated rings. The quantitative estimate of drug-likeness (QED) is 0.495. The summed E-state index contributed by atoms with van der Waals surface area (Å²) in [5.74, 6) is 0.333. The second-order valence-corrected chi connectivity index (χ2v) is 11.1. The van der Waals surface area contributed by atoms with E-state index in [0.29, 0.717) is 28.5 Å². The van der Waals surface area contributed by atoms with Crippen molar-refractivity contribution < 1.29 is 14.0 Å². The van der Waals surface area contributed by atoms with Gasteiger partial charge in [0.25, 0.3) is 5.91 Å². The molecule has 2 amide bonds. The van der Waals surface area contributed by atoms with E-state index in [9.17, 15) is 14.4 Å². The van der Waals surface area contributed by atoms with E-state index >= 15 is 0 Å². The lowest BCUT2D eigenvalue weighted by molar-refractivity contribution is -0.140. The number of amides is 2. The fraction of sp³-hybridized carbons (Fsp3) is 0.607. The monoisotopic (exact) mass is 515 g/mol. The minimum absolute atomic E-state index is 0.00113. The Morgan fingerprint density at radius 1 is 1.14 bits per heavy atom. The summed E-state index contributed by atoms with van der Waals surface area (Å²) >= 11 is 5.95. The lowest BCUT2D eigenvalue weighted by Gasteiger charge is -2.47. The fourth-order valence-corrected chi connectivity index (χ4v) is 6.06. The van der Waals surface area contributed by atoms with Gasteiger partial charge in [0, 0.05) is 23.7 Å². The number of carbonyl (C=O) groups excluding carboxylic acids is 2. The fourth-order valence-electron chi connectivity index (χ4n) is 5.89. The zero-order chi connectivity index (χ0) is 25.7. The molecule has 0 atom stereocenters. The molecule has 1 saturated carbocycles. The van der Waals surface area contributed by atoms with E-state index in [-0.39, 0.29) is 28.6 Å². The minimum Gasteiger partial charge on any atom is -0.451 e. The van der Waals surface area contributed by atoms with Gasteiger partial charge in [-0.2, -0.15) is 0 Å². The molecule has 0 bridgehead atoms. The Bertz CT molecular complexity index is 1130. The number of fused-ring (bicyclic) bond motifs is 1. The number of piperidine rings is 1. The van der Waals surface area contributed by atoms with Gasteiger partial charge in [0.1, 0.15) is 5.58 Å². The zero-order valence-corrected chi connectivity index (χ0v) is 22.2. The molecule has 2 aliphatic rings. The van der Waals surface area contributed by atoms with E-state index in [1.165, 1.54) is 25.3 Å². The van der Waals surface area contributed by atoms with E-state index in [1.54, 1.807) is 18.2 Å². The summed E-state index contributed by atoms with van der Waals surface area (Å²) in [6, 6.07) is 6.14. The first-order valence-corrected chi connectivity index (χ1v) is 13.7. The molecule has 7 nitrogen and oxygen atoms in total. The maximum Gasteiger partial charge on any atom is 0.287 e. The SMILES string of the molecule is CC(C)NC(=O)C1(C2CCCCC2)CCN(CCCNC(=O)c2cc(=O)c3cc(Cl)ccc3o2)CC1. The standard InChI is InChI=1S/C28H38ClN3O4/c1-19(2)31-27(35)28(20-7-4-3-5-8-20)11-15-32(16-12-28)14-6-13-30-26(34)25-18-23(33)22-17-21(29)9-10-24(22)36-25/h9-10,17-20H,3-8,11-16H2,1-2H3,(H,30,34)(H,31,35). The van der Waals surface area contributed by atoms with Crippen LogP contribution < -0.4 is 16.1 Å². The van der Waals surface area contributed by atoms with Crippen LogP contribution in [-0.2, 0) is 4.79 Å². The third kappa shape index (κ3) is 6.12. The van der Waals surface area contributed by atoms with Crippen molar-refractivity contribution in [2.45, 2.75) is 71.3 Å². The normalized spacial score (nSPS) is 18.9. The zero-order valence-electron chi connectivity index (χ0n) is 21.4. The molecule has 196 valence electrons. The van der Waals surface area contributed by atoms with Gasteiger partial charge in [-0.3, -0.25) is 14.4 Å². The average Bonchev–Trinajstić information content (AvgIpc) is 2.87. The lowest BCUT2D eigenvalue weighted by Crippen LogP contribution is -2.54. The van der Waals surface area contributed by atoms with E-state index in [0.717, 1.165) is 51.7 Å². The van der Waals surface area contributed by atoms with Gasteiger partial charge in [-0.25, -0.2) is 0 Å². The summed E-state index contributed by atoms with van der Waals surface area (Å²) in [7, 11) is 0. The maximum atomic E-state index is 13.3. The van der Waals surface area contributed by atoms with Gasteiger partial charge in [-0.1, -0.05) is 30.9 Å². The molecule has 1 aliphatic carbocycles. The van der Waals surface area contributed by atoms with Crippen molar-refractivity contribution in [2.24, 2.45) is 11.3 Å². The Balaban J connectivity index is 1.28. The van der Waals surface area contributed by atoms with Crippen LogP contribution >= 0.6 is 11.6 Å². The van der Waals surface area contributed by atoms with Gasteiger partial charge in [0.05, 0.1) is 10.8 Å². The first kappa shape index (κ1) is 26.7. The molecule has 2 aromatic rings. The van der Waals surface area contributed by atoms with E-state index < -0.39 is 5.91 Å². The molecule has 4 rings (SSSR count). The summed E-state index contributed by atoms with van der Waals surface area (Å²) in [5.41, 5.74) is -0.193. The molecule has 0 unspecified atom stereocenters. The number of hydrogen-bond donors (Lipinski definition) is 2. The van der Waals surface area contributed by atoms with Crippen LogP contribution in [0.15, 0.2) is 33.5 Å². The predicted octanol–water partition coefficient (Wildman–Crippen LogP) is 4.75. The van der Waals surface area contributed by atoms with Crippen LogP contribution in [0.4, 0.5) is 0 Å². The van der Waals surface area contributed by atoms with Crippen molar-refractivity contribution in [2.75, 3.05) is 26.2 Å². The third-order valence-corrected chi connectivity index (χ3v) is 8.09. The van der Waals surface area contributed by atoms with Crippen LogP contribution in [0.1, 0.15) is 75.8 Å². The van der Waals surface area contributed by atoms with Crippen molar-refractivity contribution in [3.05, 3.63) is 45.3 Å². The first-order chi connectivity index (χ1) is 17.3. The Morgan fingerprint density at radius 3 is 2.56 bits per heavy atom. The Labute approximate surface area is 217 Å². The molecule has 36 heavy (non-hydrogen) atoms. The summed E-state index contributed by atoms with van der Waals surface area (Å²) in [6.07, 6.45) is 8.65. The molecule has 8 heteroatoms. The number of hydrogen-bond acceptors (Lipinski definition) is 5. The number of carbonyl (C=O) groups is 2. The highest BCUT2D eigenvalue weighted by molar-refractivity contribution is 6.31. The van der Waals surface area contributed by atoms with Gasteiger partial charge >= 0.3 is 0 Å². The smallest absolute Gasteiger partial charge is 0.287 e. The lowest BCUT2D eigenvalue weighted by atomic mass is 9.63. The first-order valence-electron chi connectivity index (χ1n) is 13.3. The second-order valence-electron chi connectivity index (χ2n) is 10.7. The molecule has 1 aliphatic heterocycles. The summed E-state index contributed by atoms with van der Waals surface area (Å²) in [4.78, 5) is 40.6. The van der Waals surface area contributed by atoms with Crippen LogP contribution in [0.3, 0.4) is 0 Å². The van der Waals surface area contributed by atoms with Crippen LogP contribution in [0.2, 0.25) is 5.02 Å². The third-order valence-electron chi connectivity index (χ3n) is 7.86. The number of rotatable bonds is 8. The highest BCUT2D eigenvalue weighted by atomic mass is 35.5. The van der Waals surface area contributed by atoms with Gasteiger partial charge < -0.3 is 20.0 Å². The number of nitrogens with zero attached hydrogens (tertiary/aromatic N) is 1. The Hall–Kier alpha value is -2.38. The highest BCUT2D eigenvalue weighted by Gasteiger charge is 2.47. The predicted molar refractivity (Wildman–Crippen MR) is 142 cm³/mol. The summed E-state index contributed by atoms with van der Waals surface area (Å²) in [5, 5.41) is 6.88. The number of nitrogens with one attached hydrogen (secondary N) is 2. The van der Waals surface area contributed by atoms with Crippen LogP contribution in [0, 0.1) is 11.3 Å². The molecular formula is C28H38ClN3O4. The van der Waals surface area contributed by atoms with E-state index in [2.05, 4.69) is 15.5 Å². The van der Waals surface area contributed by atoms with Crippen molar-refractivity contribution in [3.8, 4) is 0 Å². The highest BCUT2D eigenvalue weighted by Crippen LogP contribution is 2.46. The van der Waals surface area contributed by atoms with Crippen LogP contribution in [0.25, 0.3) is 11.0 Å². The number of halogens is 1. The molecular weight excluding hydrogens is 478 g/mol. The summed E-state index contributed by atoms with van der Waals surface area (Å²) in [6.45, 7) is 7.21. The van der Waals surface area contributed by atoms with E-state index in [1.807, 2.05) is 13.8 Å². The molecule has 1 aromatic heterocycles. The van der Waals surface area contributed by atoms with Gasteiger partial charge in [-0.05, 0) is 89.7 Å². The van der Waals surface area contributed by atoms with Crippen molar-refractivity contribution in [3.63, 3.8) is 0 Å². The molecule has 2 heterocycles. The molecule has 0 radical (unpaired) electrons.